The van der Waals surface area contributed by atoms with Gasteiger partial charge in [0, 0.05) is 25.2 Å². The maximum Gasteiger partial charge on any atom is 0.148 e. The molecule has 0 heterocycles. The summed E-state index contributed by atoms with van der Waals surface area (Å²) in [7, 11) is -2.86. The van der Waals surface area contributed by atoms with Crippen molar-refractivity contribution in [1.82, 2.24) is 5.32 Å². The first kappa shape index (κ1) is 15.2. The van der Waals surface area contributed by atoms with Crippen LogP contribution in [0.2, 0.25) is 0 Å². The van der Waals surface area contributed by atoms with Crippen LogP contribution in [0.4, 0.5) is 0 Å². The Morgan fingerprint density at radius 1 is 1.27 bits per heavy atom. The van der Waals surface area contributed by atoms with Crippen LogP contribution in [0.25, 0.3) is 0 Å². The van der Waals surface area contributed by atoms with Crippen LogP contribution in [0.5, 0.6) is 0 Å². The van der Waals surface area contributed by atoms with Crippen molar-refractivity contribution >= 4 is 21.4 Å². The van der Waals surface area contributed by atoms with Crippen LogP contribution in [0, 0.1) is 5.41 Å². The second kappa shape index (κ2) is 6.71. The number of hydrogen-bond acceptors (Lipinski definition) is 3. The summed E-state index contributed by atoms with van der Waals surface area (Å²) in [6.45, 7) is 5.53. The van der Waals surface area contributed by atoms with Crippen LogP contribution in [0.1, 0.15) is 26.7 Å². The van der Waals surface area contributed by atoms with Gasteiger partial charge in [-0.05, 0) is 18.3 Å². The Morgan fingerprint density at radius 2 is 1.80 bits per heavy atom. The average Bonchev–Trinajstić information content (AvgIpc) is 2.18. The van der Waals surface area contributed by atoms with Gasteiger partial charge in [-0.1, -0.05) is 13.8 Å². The highest BCUT2D eigenvalue weighted by Crippen LogP contribution is 2.26. The van der Waals surface area contributed by atoms with Crippen molar-refractivity contribution in [3.05, 3.63) is 0 Å². The monoisotopic (exact) mass is 255 g/mol. The normalized spacial score (nSPS) is 13.1. The number of nitrogens with one attached hydrogen (secondary N) is 1. The van der Waals surface area contributed by atoms with E-state index in [4.69, 9.17) is 11.6 Å². The predicted octanol–water partition coefficient (Wildman–Crippen LogP) is 1.67. The van der Waals surface area contributed by atoms with Crippen molar-refractivity contribution in [2.45, 2.75) is 26.7 Å². The van der Waals surface area contributed by atoms with E-state index in [1.165, 1.54) is 6.26 Å². The maximum atomic E-state index is 10.9. The zero-order valence-corrected chi connectivity index (χ0v) is 11.4. The fraction of sp³-hybridized carbons (Fsp3) is 1.00. The minimum atomic E-state index is -2.86. The molecule has 1 N–H and O–H groups in total. The van der Waals surface area contributed by atoms with Gasteiger partial charge in [-0.25, -0.2) is 8.42 Å². The molecular formula is C10H22ClNO2S. The van der Waals surface area contributed by atoms with Crippen molar-refractivity contribution < 1.29 is 8.42 Å². The molecule has 0 aliphatic rings. The van der Waals surface area contributed by atoms with Gasteiger partial charge < -0.3 is 5.32 Å². The summed E-state index contributed by atoms with van der Waals surface area (Å²) in [6, 6.07) is 0. The molecule has 0 saturated carbocycles. The molecule has 0 spiro atoms. The molecule has 0 aliphatic carbocycles. The standard InChI is InChI=1S/C10H22ClNO2S/c1-4-10(5-2,8-11)9-12-6-7-15(3,13)14/h12H,4-9H2,1-3H3. The van der Waals surface area contributed by atoms with Gasteiger partial charge in [0.1, 0.15) is 9.84 Å². The van der Waals surface area contributed by atoms with E-state index < -0.39 is 9.84 Å². The highest BCUT2D eigenvalue weighted by Gasteiger charge is 2.24. The summed E-state index contributed by atoms with van der Waals surface area (Å²) >= 11 is 5.94. The minimum absolute atomic E-state index is 0.110. The lowest BCUT2D eigenvalue weighted by Crippen LogP contribution is -2.37. The summed E-state index contributed by atoms with van der Waals surface area (Å²) in [5.74, 6) is 0.810. The van der Waals surface area contributed by atoms with E-state index in [2.05, 4.69) is 19.2 Å². The molecule has 15 heavy (non-hydrogen) atoms. The number of alkyl halides is 1. The van der Waals surface area contributed by atoms with Crippen molar-refractivity contribution in [2.75, 3.05) is 31.0 Å². The third-order valence-electron chi connectivity index (χ3n) is 2.93. The Kier molecular flexibility index (Phi) is 6.80. The van der Waals surface area contributed by atoms with Crippen molar-refractivity contribution in [3.8, 4) is 0 Å². The molecule has 0 radical (unpaired) electrons. The van der Waals surface area contributed by atoms with Gasteiger partial charge in [0.05, 0.1) is 5.75 Å². The lowest BCUT2D eigenvalue weighted by Gasteiger charge is -2.29. The Bertz CT molecular complexity index is 252. The fourth-order valence-electron chi connectivity index (χ4n) is 1.35. The molecule has 5 heteroatoms. The number of rotatable bonds is 8. The first-order valence-corrected chi connectivity index (χ1v) is 7.93. The SMILES string of the molecule is CCC(CC)(CCl)CNCCS(C)(=O)=O. The van der Waals surface area contributed by atoms with E-state index in [-0.39, 0.29) is 11.2 Å². The van der Waals surface area contributed by atoms with Gasteiger partial charge in [0.2, 0.25) is 0 Å². The van der Waals surface area contributed by atoms with E-state index in [9.17, 15) is 8.42 Å². The van der Waals surface area contributed by atoms with Crippen molar-refractivity contribution in [2.24, 2.45) is 5.41 Å². The van der Waals surface area contributed by atoms with Crippen molar-refractivity contribution in [3.63, 3.8) is 0 Å². The summed E-state index contributed by atoms with van der Waals surface area (Å²) in [5, 5.41) is 3.17. The average molecular weight is 256 g/mol. The topological polar surface area (TPSA) is 46.2 Å². The first-order chi connectivity index (χ1) is 6.89. The Hall–Kier alpha value is 0.200. The van der Waals surface area contributed by atoms with Crippen LogP contribution >= 0.6 is 11.6 Å². The molecule has 0 aromatic rings. The third kappa shape index (κ3) is 6.38. The predicted molar refractivity (Wildman–Crippen MR) is 66.3 cm³/mol. The van der Waals surface area contributed by atoms with Crippen molar-refractivity contribution in [1.29, 1.82) is 0 Å². The fourth-order valence-corrected chi connectivity index (χ4v) is 2.33. The summed E-state index contributed by atoms with van der Waals surface area (Å²) in [4.78, 5) is 0. The molecule has 0 atom stereocenters. The van der Waals surface area contributed by atoms with Gasteiger partial charge in [-0.3, -0.25) is 0 Å². The van der Waals surface area contributed by atoms with Crippen LogP contribution in [-0.4, -0.2) is 39.4 Å². The highest BCUT2D eigenvalue weighted by molar-refractivity contribution is 7.90. The molecule has 0 saturated heterocycles. The molecule has 3 nitrogen and oxygen atoms in total. The highest BCUT2D eigenvalue weighted by atomic mass is 35.5. The lowest BCUT2D eigenvalue weighted by atomic mass is 9.84. The third-order valence-corrected chi connectivity index (χ3v) is 4.45. The molecule has 0 aromatic heterocycles. The maximum absolute atomic E-state index is 10.9. The van der Waals surface area contributed by atoms with E-state index in [1.54, 1.807) is 0 Å². The molecule has 0 bridgehead atoms. The number of sulfone groups is 1. The van der Waals surface area contributed by atoms with Crippen LogP contribution < -0.4 is 5.32 Å². The van der Waals surface area contributed by atoms with E-state index >= 15 is 0 Å². The Morgan fingerprint density at radius 3 is 2.13 bits per heavy atom. The molecule has 0 amide bonds. The molecule has 0 unspecified atom stereocenters. The summed E-state index contributed by atoms with van der Waals surface area (Å²) < 4.78 is 21.8. The molecule has 0 fully saturated rings. The largest absolute Gasteiger partial charge is 0.315 e. The minimum Gasteiger partial charge on any atom is -0.315 e. The molecular weight excluding hydrogens is 234 g/mol. The second-order valence-corrected chi connectivity index (χ2v) is 6.67. The molecule has 0 rings (SSSR count). The van der Waals surface area contributed by atoms with Gasteiger partial charge >= 0.3 is 0 Å². The van der Waals surface area contributed by atoms with Gasteiger partial charge in [0.25, 0.3) is 0 Å². The van der Waals surface area contributed by atoms with Crippen LogP contribution in [-0.2, 0) is 9.84 Å². The quantitative estimate of drug-likeness (QED) is 0.530. The van der Waals surface area contributed by atoms with Gasteiger partial charge in [-0.2, -0.15) is 0 Å². The van der Waals surface area contributed by atoms with E-state index in [1.807, 2.05) is 0 Å². The smallest absolute Gasteiger partial charge is 0.148 e. The first-order valence-electron chi connectivity index (χ1n) is 5.33. The number of halogens is 1. The lowest BCUT2D eigenvalue weighted by molar-refractivity contribution is 0.289. The van der Waals surface area contributed by atoms with E-state index in [0.29, 0.717) is 12.4 Å². The van der Waals surface area contributed by atoms with Crippen LogP contribution in [0.15, 0.2) is 0 Å². The molecule has 0 aromatic carbocycles. The summed E-state index contributed by atoms with van der Waals surface area (Å²) in [5.41, 5.74) is 0.110. The number of hydrogen-bond donors (Lipinski definition) is 1. The zero-order chi connectivity index (χ0) is 11.9. The second-order valence-electron chi connectivity index (χ2n) is 4.15. The Labute approximate surface area is 98.5 Å². The molecule has 0 aliphatic heterocycles. The zero-order valence-electron chi connectivity index (χ0n) is 9.85. The van der Waals surface area contributed by atoms with Gasteiger partial charge in [0.15, 0.2) is 0 Å². The van der Waals surface area contributed by atoms with Gasteiger partial charge in [-0.15, -0.1) is 11.6 Å². The summed E-state index contributed by atoms with van der Waals surface area (Å²) in [6.07, 6.45) is 3.28. The molecule has 92 valence electrons. The van der Waals surface area contributed by atoms with E-state index in [0.717, 1.165) is 19.4 Å². The Balaban J connectivity index is 3.92. The van der Waals surface area contributed by atoms with Crippen LogP contribution in [0.3, 0.4) is 0 Å².